The van der Waals surface area contributed by atoms with Gasteiger partial charge >= 0.3 is 0 Å². The number of benzene rings is 1. The second-order valence-electron chi connectivity index (χ2n) is 3.53. The molecule has 15 heavy (non-hydrogen) atoms. The molecule has 0 amide bonds. The Morgan fingerprint density at radius 3 is 2.40 bits per heavy atom. The Balaban J connectivity index is 2.98. The lowest BCUT2D eigenvalue weighted by Gasteiger charge is -2.11. The second kappa shape index (κ2) is 5.79. The highest BCUT2D eigenvalue weighted by Crippen LogP contribution is 2.33. The van der Waals surface area contributed by atoms with Crippen LogP contribution in [0.1, 0.15) is 19.4 Å². The molecule has 1 aromatic rings. The van der Waals surface area contributed by atoms with Gasteiger partial charge in [-0.1, -0.05) is 53.9 Å². The van der Waals surface area contributed by atoms with Gasteiger partial charge in [-0.2, -0.15) is 0 Å². The quantitative estimate of drug-likeness (QED) is 0.506. The van der Waals surface area contributed by atoms with Crippen LogP contribution in [0.4, 0.5) is 0 Å². The molecule has 1 rings (SSSR count). The van der Waals surface area contributed by atoms with E-state index >= 15 is 0 Å². The number of rotatable bonds is 3. The van der Waals surface area contributed by atoms with Crippen molar-refractivity contribution < 1.29 is 0 Å². The van der Waals surface area contributed by atoms with Crippen LogP contribution in [0, 0.1) is 5.92 Å². The van der Waals surface area contributed by atoms with E-state index in [2.05, 4.69) is 13.0 Å². The first-order chi connectivity index (χ1) is 7.06. The van der Waals surface area contributed by atoms with Gasteiger partial charge in [-0.25, -0.2) is 0 Å². The van der Waals surface area contributed by atoms with E-state index in [1.165, 1.54) is 0 Å². The Hall–Kier alpha value is -0.170. The van der Waals surface area contributed by atoms with Crippen LogP contribution in [0.5, 0.6) is 0 Å². The van der Waals surface area contributed by atoms with Gasteiger partial charge in [0.2, 0.25) is 0 Å². The molecule has 82 valence electrons. The van der Waals surface area contributed by atoms with Gasteiger partial charge in [0.25, 0.3) is 0 Å². The van der Waals surface area contributed by atoms with E-state index in [0.29, 0.717) is 21.0 Å². The van der Waals surface area contributed by atoms with Gasteiger partial charge in [0, 0.05) is 5.02 Å². The Kier molecular flexibility index (Phi) is 4.98. The molecule has 0 aliphatic carbocycles. The molecule has 0 heterocycles. The van der Waals surface area contributed by atoms with Gasteiger partial charge < -0.3 is 0 Å². The molecule has 0 aromatic heterocycles. The van der Waals surface area contributed by atoms with Gasteiger partial charge in [-0.05, 0) is 37.0 Å². The first-order valence-corrected chi connectivity index (χ1v) is 5.94. The average molecular weight is 264 g/mol. The van der Waals surface area contributed by atoms with E-state index in [1.807, 2.05) is 13.0 Å². The van der Waals surface area contributed by atoms with Crippen LogP contribution in [-0.4, -0.2) is 0 Å². The van der Waals surface area contributed by atoms with Crippen molar-refractivity contribution in [3.8, 4) is 0 Å². The van der Waals surface area contributed by atoms with Gasteiger partial charge in [0.05, 0.1) is 10.0 Å². The van der Waals surface area contributed by atoms with Crippen molar-refractivity contribution in [3.63, 3.8) is 0 Å². The zero-order valence-electron chi connectivity index (χ0n) is 8.73. The van der Waals surface area contributed by atoms with Crippen LogP contribution >= 0.6 is 34.8 Å². The van der Waals surface area contributed by atoms with Crippen LogP contribution < -0.4 is 0 Å². The fourth-order valence-corrected chi connectivity index (χ4v) is 2.18. The maximum Gasteiger partial charge on any atom is 0.0639 e. The van der Waals surface area contributed by atoms with E-state index in [0.717, 1.165) is 12.0 Å². The predicted octanol–water partition coefficient (Wildman–Crippen LogP) is 5.40. The van der Waals surface area contributed by atoms with Crippen LogP contribution in [0.3, 0.4) is 0 Å². The molecular formula is C12H13Cl3. The molecule has 0 saturated carbocycles. The Morgan fingerprint density at radius 1 is 1.20 bits per heavy atom. The normalized spacial score (nSPS) is 13.4. The molecule has 0 bridgehead atoms. The average Bonchev–Trinajstić information content (AvgIpc) is 2.19. The summed E-state index contributed by atoms with van der Waals surface area (Å²) in [7, 11) is 0. The molecule has 0 N–H and O–H groups in total. The van der Waals surface area contributed by atoms with Crippen molar-refractivity contribution in [1.29, 1.82) is 0 Å². The fourth-order valence-electron chi connectivity index (χ4n) is 1.47. The molecule has 0 saturated heterocycles. The van der Waals surface area contributed by atoms with E-state index < -0.39 is 0 Å². The third kappa shape index (κ3) is 3.41. The topological polar surface area (TPSA) is 0 Å². The number of hydrogen-bond acceptors (Lipinski definition) is 0. The molecule has 0 aliphatic heterocycles. The highest BCUT2D eigenvalue weighted by Gasteiger charge is 2.11. The van der Waals surface area contributed by atoms with Crippen molar-refractivity contribution in [1.82, 2.24) is 0 Å². The van der Waals surface area contributed by atoms with Crippen molar-refractivity contribution in [2.24, 2.45) is 5.92 Å². The van der Waals surface area contributed by atoms with Crippen molar-refractivity contribution in [2.45, 2.75) is 20.3 Å². The molecular weight excluding hydrogens is 250 g/mol. The standard InChI is InChI=1S/C12H13Cl3/c1-3-4-8(2)7-9-10(13)5-6-11(14)12(9)15/h3-6,8H,7H2,1-2H3/b4-3-. The van der Waals surface area contributed by atoms with Crippen molar-refractivity contribution >= 4 is 34.8 Å². The Morgan fingerprint density at radius 2 is 1.80 bits per heavy atom. The van der Waals surface area contributed by atoms with Crippen LogP contribution in [0.15, 0.2) is 24.3 Å². The van der Waals surface area contributed by atoms with E-state index in [4.69, 9.17) is 34.8 Å². The van der Waals surface area contributed by atoms with Crippen LogP contribution in [0.2, 0.25) is 15.1 Å². The second-order valence-corrected chi connectivity index (χ2v) is 4.72. The summed E-state index contributed by atoms with van der Waals surface area (Å²) in [6, 6.07) is 3.50. The van der Waals surface area contributed by atoms with E-state index in [9.17, 15) is 0 Å². The Labute approximate surface area is 106 Å². The molecule has 0 nitrogen and oxygen atoms in total. The van der Waals surface area contributed by atoms with Crippen molar-refractivity contribution in [2.75, 3.05) is 0 Å². The SMILES string of the molecule is C/C=C\C(C)Cc1c(Cl)ccc(Cl)c1Cl. The summed E-state index contributed by atoms with van der Waals surface area (Å²) >= 11 is 18.1. The van der Waals surface area contributed by atoms with E-state index in [1.54, 1.807) is 12.1 Å². The number of allylic oxidation sites excluding steroid dienone is 2. The monoisotopic (exact) mass is 262 g/mol. The highest BCUT2D eigenvalue weighted by atomic mass is 35.5. The van der Waals surface area contributed by atoms with Gasteiger partial charge in [-0.15, -0.1) is 0 Å². The first kappa shape index (κ1) is 12.9. The summed E-state index contributed by atoms with van der Waals surface area (Å²) < 4.78 is 0. The lowest BCUT2D eigenvalue weighted by molar-refractivity contribution is 0.723. The van der Waals surface area contributed by atoms with Crippen molar-refractivity contribution in [3.05, 3.63) is 44.9 Å². The van der Waals surface area contributed by atoms with Gasteiger partial charge in [0.1, 0.15) is 0 Å². The summed E-state index contributed by atoms with van der Waals surface area (Å²) in [6.45, 7) is 4.12. The maximum atomic E-state index is 6.10. The van der Waals surface area contributed by atoms with Crippen LogP contribution in [0.25, 0.3) is 0 Å². The predicted molar refractivity (Wildman–Crippen MR) is 69.2 cm³/mol. The van der Waals surface area contributed by atoms with Gasteiger partial charge in [-0.3, -0.25) is 0 Å². The van der Waals surface area contributed by atoms with Gasteiger partial charge in [0.15, 0.2) is 0 Å². The molecule has 3 heteroatoms. The third-order valence-electron chi connectivity index (χ3n) is 2.19. The lowest BCUT2D eigenvalue weighted by atomic mass is 10.0. The lowest BCUT2D eigenvalue weighted by Crippen LogP contribution is -1.98. The Bertz CT molecular complexity index is 369. The summed E-state index contributed by atoms with van der Waals surface area (Å²) in [5.74, 6) is 0.406. The summed E-state index contributed by atoms with van der Waals surface area (Å²) in [6.07, 6.45) is 4.95. The highest BCUT2D eigenvalue weighted by molar-refractivity contribution is 6.44. The summed E-state index contributed by atoms with van der Waals surface area (Å²) in [4.78, 5) is 0. The largest absolute Gasteiger partial charge is 0.0914 e. The summed E-state index contributed by atoms with van der Waals surface area (Å²) in [5, 5.41) is 1.81. The molecule has 0 radical (unpaired) electrons. The minimum atomic E-state index is 0.406. The smallest absolute Gasteiger partial charge is 0.0639 e. The zero-order chi connectivity index (χ0) is 11.4. The number of hydrogen-bond donors (Lipinski definition) is 0. The first-order valence-electron chi connectivity index (χ1n) is 4.81. The maximum absolute atomic E-state index is 6.10. The molecule has 0 spiro atoms. The molecule has 0 fully saturated rings. The third-order valence-corrected chi connectivity index (χ3v) is 3.38. The minimum Gasteiger partial charge on any atom is -0.0914 e. The fraction of sp³-hybridized carbons (Fsp3) is 0.333. The molecule has 1 atom stereocenters. The summed E-state index contributed by atoms with van der Waals surface area (Å²) in [5.41, 5.74) is 0.927. The minimum absolute atomic E-state index is 0.406. The van der Waals surface area contributed by atoms with E-state index in [-0.39, 0.29) is 0 Å². The molecule has 1 aromatic carbocycles. The molecule has 0 aliphatic rings. The molecule has 1 unspecified atom stereocenters. The number of halogens is 3. The van der Waals surface area contributed by atoms with Crippen LogP contribution in [-0.2, 0) is 6.42 Å². The zero-order valence-corrected chi connectivity index (χ0v) is 11.0.